The van der Waals surface area contributed by atoms with E-state index in [1.54, 1.807) is 23.4 Å². The van der Waals surface area contributed by atoms with E-state index in [1.165, 1.54) is 13.2 Å². The number of aromatic nitrogens is 2. The van der Waals surface area contributed by atoms with Gasteiger partial charge >= 0.3 is 6.09 Å². The molecule has 0 saturated carbocycles. The second kappa shape index (κ2) is 15.8. The molecule has 0 atom stereocenters. The Morgan fingerprint density at radius 1 is 1.16 bits per heavy atom. The second-order valence-corrected chi connectivity index (χ2v) is 10.8. The monoisotopic (exact) mass is 619 g/mol. The number of imidazole rings is 1. The number of methoxy groups -OCH3 is 1. The molecular weight excluding hydrogens is 577 g/mol. The van der Waals surface area contributed by atoms with Crippen molar-refractivity contribution < 1.29 is 23.5 Å². The molecule has 3 aromatic rings. The molecule has 0 unspecified atom stereocenters. The van der Waals surface area contributed by atoms with E-state index in [2.05, 4.69) is 49.2 Å². The molecule has 4 rings (SSSR count). The molecule has 2 aromatic carbocycles. The largest absolute Gasteiger partial charge is 0.488 e. The van der Waals surface area contributed by atoms with Gasteiger partial charge in [-0.2, -0.15) is 0 Å². The summed E-state index contributed by atoms with van der Waals surface area (Å²) >= 11 is 0. The summed E-state index contributed by atoms with van der Waals surface area (Å²) in [7, 11) is 5.16. The third-order valence-corrected chi connectivity index (χ3v) is 7.41. The molecule has 3 N–H and O–H groups in total. The van der Waals surface area contributed by atoms with Crippen LogP contribution in [0.2, 0.25) is 0 Å². The first-order valence-electron chi connectivity index (χ1n) is 15.1. The van der Waals surface area contributed by atoms with Crippen molar-refractivity contribution in [3.63, 3.8) is 0 Å². The highest BCUT2D eigenvalue weighted by molar-refractivity contribution is 5.82. The molecule has 0 bridgehead atoms. The predicted molar refractivity (Wildman–Crippen MR) is 173 cm³/mol. The van der Waals surface area contributed by atoms with Gasteiger partial charge in [-0.1, -0.05) is 26.0 Å². The summed E-state index contributed by atoms with van der Waals surface area (Å²) in [6, 6.07) is 9.18. The van der Waals surface area contributed by atoms with E-state index in [0.29, 0.717) is 48.0 Å². The van der Waals surface area contributed by atoms with Gasteiger partial charge in [0.25, 0.3) is 0 Å². The number of halogens is 1. The van der Waals surface area contributed by atoms with E-state index in [9.17, 15) is 9.59 Å². The van der Waals surface area contributed by atoms with Crippen molar-refractivity contribution in [1.29, 1.82) is 0 Å². The lowest BCUT2D eigenvalue weighted by Crippen LogP contribution is -2.40. The Morgan fingerprint density at radius 3 is 2.69 bits per heavy atom. The van der Waals surface area contributed by atoms with E-state index in [4.69, 9.17) is 4.74 Å². The van der Waals surface area contributed by atoms with E-state index < -0.39 is 11.9 Å². The Kier molecular flexibility index (Phi) is 11.7. The molecule has 0 aliphatic carbocycles. The van der Waals surface area contributed by atoms with Gasteiger partial charge in [0.15, 0.2) is 0 Å². The van der Waals surface area contributed by atoms with Crippen LogP contribution in [0, 0.1) is 5.82 Å². The van der Waals surface area contributed by atoms with E-state index in [0.717, 1.165) is 41.9 Å². The van der Waals surface area contributed by atoms with Crippen LogP contribution in [0.5, 0.6) is 5.75 Å². The summed E-state index contributed by atoms with van der Waals surface area (Å²) in [5.41, 5.74) is 5.15. The SMILES string of the molecule is CCCN(C)C/C=N/C=C(\NC)c1ccc2c(c1)COc1cc(-c3cnc(CN(CCC)C(=O)CNC(=O)OC)[nH]3)c(F)cc1-2. The Hall–Kier alpha value is -4.71. The number of amides is 2. The Bertz CT molecular complexity index is 1550. The molecule has 1 aliphatic rings. The molecule has 0 fully saturated rings. The summed E-state index contributed by atoms with van der Waals surface area (Å²) < 4.78 is 26.2. The van der Waals surface area contributed by atoms with Gasteiger partial charge < -0.3 is 34.9 Å². The fraction of sp³-hybridized carbons (Fsp3) is 0.394. The second-order valence-electron chi connectivity index (χ2n) is 10.8. The maximum Gasteiger partial charge on any atom is 0.407 e. The fourth-order valence-corrected chi connectivity index (χ4v) is 5.11. The Labute approximate surface area is 263 Å². The lowest BCUT2D eigenvalue weighted by Gasteiger charge is -2.23. The Balaban J connectivity index is 1.50. The van der Waals surface area contributed by atoms with Crippen LogP contribution in [0.4, 0.5) is 9.18 Å². The minimum atomic E-state index is -0.681. The fourth-order valence-electron chi connectivity index (χ4n) is 5.11. The number of alkyl carbamates (subject to hydrolysis) is 1. The first kappa shape index (κ1) is 33.2. The molecule has 0 spiro atoms. The lowest BCUT2D eigenvalue weighted by molar-refractivity contribution is -0.130. The van der Waals surface area contributed by atoms with Crippen molar-refractivity contribution in [2.45, 2.75) is 39.8 Å². The molecule has 0 radical (unpaired) electrons. The van der Waals surface area contributed by atoms with Crippen LogP contribution in [0.3, 0.4) is 0 Å². The van der Waals surface area contributed by atoms with Crippen molar-refractivity contribution in [1.82, 2.24) is 30.4 Å². The van der Waals surface area contributed by atoms with Gasteiger partial charge in [0.1, 0.15) is 30.5 Å². The molecule has 12 heteroatoms. The molecule has 2 amide bonds. The normalized spacial score (nSPS) is 12.5. The van der Waals surface area contributed by atoms with Crippen LogP contribution in [0.15, 0.2) is 47.7 Å². The van der Waals surface area contributed by atoms with Gasteiger partial charge in [-0.25, -0.2) is 14.2 Å². The number of aromatic amines is 1. The zero-order valence-electron chi connectivity index (χ0n) is 26.6. The average Bonchev–Trinajstić information content (AvgIpc) is 3.51. The van der Waals surface area contributed by atoms with Gasteiger partial charge in [0, 0.05) is 37.5 Å². The maximum atomic E-state index is 15.6. The number of hydrogen-bond acceptors (Lipinski definition) is 8. The van der Waals surface area contributed by atoms with Crippen LogP contribution in [-0.2, 0) is 22.7 Å². The number of aliphatic imine (C=N–C) groups is 1. The summed E-state index contributed by atoms with van der Waals surface area (Å²) in [4.78, 5) is 39.8. The standard InChI is InChI=1S/C33H42FN7O4/c1-6-11-40(4)13-10-36-17-28(35-3)22-8-9-24-23(14-22)21-45-30-16-26(27(34)15-25(24)30)29-18-37-31(39-29)20-41(12-7-2)32(42)19-38-33(43)44-5/h8-10,14-18,35H,6-7,11-13,19-21H2,1-5H3,(H,37,39)(H,38,43)/b28-17-,36-10+. The summed E-state index contributed by atoms with van der Waals surface area (Å²) in [5, 5.41) is 5.61. The molecule has 2 heterocycles. The van der Waals surface area contributed by atoms with Gasteiger partial charge in [-0.05, 0) is 61.3 Å². The number of H-pyrrole nitrogens is 1. The van der Waals surface area contributed by atoms with Gasteiger partial charge in [0.2, 0.25) is 5.91 Å². The zero-order valence-corrected chi connectivity index (χ0v) is 26.6. The first-order chi connectivity index (χ1) is 21.8. The molecule has 1 aliphatic heterocycles. The summed E-state index contributed by atoms with van der Waals surface area (Å²) in [6.45, 7) is 6.68. The number of benzene rings is 2. The minimum Gasteiger partial charge on any atom is -0.488 e. The average molecular weight is 620 g/mol. The van der Waals surface area contributed by atoms with Crippen LogP contribution in [0.1, 0.15) is 43.6 Å². The van der Waals surface area contributed by atoms with Crippen LogP contribution in [-0.4, -0.2) is 85.4 Å². The minimum absolute atomic E-state index is 0.179. The third-order valence-electron chi connectivity index (χ3n) is 7.41. The lowest BCUT2D eigenvalue weighted by atomic mass is 9.93. The molecule has 0 saturated heterocycles. The van der Waals surface area contributed by atoms with E-state index in [1.807, 2.05) is 38.4 Å². The highest BCUT2D eigenvalue weighted by Gasteiger charge is 2.23. The molecule has 1 aromatic heterocycles. The highest BCUT2D eigenvalue weighted by atomic mass is 19.1. The quantitative estimate of drug-likeness (QED) is 0.222. The Morgan fingerprint density at radius 2 is 1.96 bits per heavy atom. The number of nitrogens with one attached hydrogen (secondary N) is 3. The number of ether oxygens (including phenoxy) is 2. The van der Waals surface area contributed by atoms with Gasteiger partial charge in [-0.15, -0.1) is 0 Å². The first-order valence-corrected chi connectivity index (χ1v) is 15.1. The smallest absolute Gasteiger partial charge is 0.407 e. The van der Waals surface area contributed by atoms with Crippen molar-refractivity contribution in [3.8, 4) is 28.1 Å². The number of nitrogens with zero attached hydrogens (tertiary/aromatic N) is 4. The van der Waals surface area contributed by atoms with Crippen molar-refractivity contribution in [3.05, 3.63) is 65.5 Å². The molecule has 45 heavy (non-hydrogen) atoms. The maximum absolute atomic E-state index is 15.6. The number of carbonyl (C=O) groups is 2. The molecule has 11 nitrogen and oxygen atoms in total. The number of fused-ring (bicyclic) bond motifs is 3. The van der Waals surface area contributed by atoms with Crippen LogP contribution >= 0.6 is 0 Å². The van der Waals surface area contributed by atoms with E-state index >= 15 is 4.39 Å². The van der Waals surface area contributed by atoms with E-state index in [-0.39, 0.29) is 19.0 Å². The highest BCUT2D eigenvalue weighted by Crippen LogP contribution is 2.41. The predicted octanol–water partition coefficient (Wildman–Crippen LogP) is 4.80. The van der Waals surface area contributed by atoms with Crippen LogP contribution < -0.4 is 15.4 Å². The van der Waals surface area contributed by atoms with Gasteiger partial charge in [0.05, 0.1) is 37.4 Å². The molecule has 240 valence electrons. The summed E-state index contributed by atoms with van der Waals surface area (Å²) in [5.74, 6) is 0.359. The van der Waals surface area contributed by atoms with Crippen molar-refractivity contribution >= 4 is 23.9 Å². The number of hydrogen-bond donors (Lipinski definition) is 3. The van der Waals surface area contributed by atoms with Gasteiger partial charge in [-0.3, -0.25) is 9.79 Å². The van der Waals surface area contributed by atoms with Crippen LogP contribution in [0.25, 0.3) is 28.1 Å². The topological polar surface area (TPSA) is 124 Å². The number of carbonyl (C=O) groups excluding carboxylic acids is 2. The van der Waals surface area contributed by atoms with Crippen molar-refractivity contribution in [2.75, 3.05) is 47.4 Å². The van der Waals surface area contributed by atoms with Crippen molar-refractivity contribution in [2.24, 2.45) is 4.99 Å². The zero-order chi connectivity index (χ0) is 32.3. The molecular formula is C33H42FN7O4. The number of rotatable bonds is 14. The summed E-state index contributed by atoms with van der Waals surface area (Å²) in [6.07, 6.45) is 6.37. The third kappa shape index (κ3) is 8.48.